The molecule has 1 aliphatic rings. The number of pyridine rings is 1. The molecule has 1 atom stereocenters. The van der Waals surface area contributed by atoms with E-state index in [2.05, 4.69) is 10.3 Å². The van der Waals surface area contributed by atoms with E-state index < -0.39 is 6.04 Å². The zero-order valence-electron chi connectivity index (χ0n) is 12.1. The first kappa shape index (κ1) is 14.3. The van der Waals surface area contributed by atoms with E-state index in [4.69, 9.17) is 0 Å². The molecule has 0 aliphatic carbocycles. The Balaban J connectivity index is 1.73. The summed E-state index contributed by atoms with van der Waals surface area (Å²) in [7, 11) is 0. The van der Waals surface area contributed by atoms with Crippen LogP contribution in [0, 0.1) is 0 Å². The van der Waals surface area contributed by atoms with Gasteiger partial charge >= 0.3 is 0 Å². The molecule has 5 heteroatoms. The number of carbonyl (C=O) groups excluding carboxylic acids is 2. The van der Waals surface area contributed by atoms with Crippen LogP contribution in [0.25, 0.3) is 0 Å². The van der Waals surface area contributed by atoms with Gasteiger partial charge in [-0.25, -0.2) is 0 Å². The number of rotatable bonds is 3. The molecule has 1 aromatic heterocycles. The third-order valence-electron chi connectivity index (χ3n) is 3.74. The van der Waals surface area contributed by atoms with E-state index in [1.807, 2.05) is 30.3 Å². The highest BCUT2D eigenvalue weighted by atomic mass is 16.2. The van der Waals surface area contributed by atoms with Crippen LogP contribution in [0.15, 0.2) is 54.7 Å². The highest BCUT2D eigenvalue weighted by Crippen LogP contribution is 2.21. The second-order valence-electron chi connectivity index (χ2n) is 5.23. The molecule has 1 aliphatic heterocycles. The summed E-state index contributed by atoms with van der Waals surface area (Å²) in [6, 6.07) is 14.1. The molecule has 2 heterocycles. The topological polar surface area (TPSA) is 62.3 Å². The van der Waals surface area contributed by atoms with Crippen LogP contribution in [0.4, 0.5) is 5.69 Å². The van der Waals surface area contributed by atoms with E-state index in [1.54, 1.807) is 29.3 Å². The molecular weight excluding hydrogens is 278 g/mol. The highest BCUT2D eigenvalue weighted by Gasteiger charge is 2.34. The van der Waals surface area contributed by atoms with E-state index in [9.17, 15) is 9.59 Å². The zero-order chi connectivity index (χ0) is 15.4. The number of anilines is 1. The quantitative estimate of drug-likeness (QED) is 0.945. The van der Waals surface area contributed by atoms with Crippen molar-refractivity contribution in [3.63, 3.8) is 0 Å². The Morgan fingerprint density at radius 3 is 2.59 bits per heavy atom. The molecule has 0 saturated carbocycles. The average Bonchev–Trinajstić information content (AvgIpc) is 3.05. The normalized spacial score (nSPS) is 17.3. The molecular formula is C17H17N3O2. The van der Waals surface area contributed by atoms with E-state index >= 15 is 0 Å². The molecule has 1 N–H and O–H groups in total. The van der Waals surface area contributed by atoms with Crippen LogP contribution >= 0.6 is 0 Å². The number of aromatic nitrogens is 1. The monoisotopic (exact) mass is 295 g/mol. The van der Waals surface area contributed by atoms with E-state index in [0.29, 0.717) is 18.7 Å². The Bertz CT molecular complexity index is 658. The molecule has 1 fully saturated rings. The van der Waals surface area contributed by atoms with Crippen molar-refractivity contribution in [1.29, 1.82) is 0 Å². The Hall–Kier alpha value is -2.69. The van der Waals surface area contributed by atoms with Crippen molar-refractivity contribution >= 4 is 17.5 Å². The Morgan fingerprint density at radius 1 is 1.09 bits per heavy atom. The maximum Gasteiger partial charge on any atom is 0.273 e. The number of para-hydroxylation sites is 1. The SMILES string of the molecule is O=C(Nc1ccccc1)[C@H]1CCCN1C(=O)c1ccccn1. The van der Waals surface area contributed by atoms with E-state index in [1.165, 1.54) is 0 Å². The van der Waals surface area contributed by atoms with Crippen molar-refractivity contribution in [2.45, 2.75) is 18.9 Å². The number of amides is 2. The van der Waals surface area contributed by atoms with Gasteiger partial charge in [-0.05, 0) is 37.1 Å². The minimum atomic E-state index is -0.435. The number of hydrogen-bond donors (Lipinski definition) is 1. The van der Waals surface area contributed by atoms with Gasteiger partial charge in [0, 0.05) is 18.4 Å². The Labute approximate surface area is 129 Å². The second kappa shape index (κ2) is 6.39. The maximum atomic E-state index is 12.5. The standard InChI is InChI=1S/C17H17N3O2/c21-16(19-13-7-2-1-3-8-13)15-10-6-12-20(15)17(22)14-9-4-5-11-18-14/h1-5,7-9,11,15H,6,10,12H2,(H,19,21)/t15-/m1/s1. The van der Waals surface area contributed by atoms with Crippen LogP contribution in [0.1, 0.15) is 23.3 Å². The summed E-state index contributed by atoms with van der Waals surface area (Å²) < 4.78 is 0. The van der Waals surface area contributed by atoms with Gasteiger partial charge in [-0.3, -0.25) is 14.6 Å². The number of benzene rings is 1. The van der Waals surface area contributed by atoms with Crippen LogP contribution in [0.5, 0.6) is 0 Å². The van der Waals surface area contributed by atoms with Crippen molar-refractivity contribution in [3.8, 4) is 0 Å². The van der Waals surface area contributed by atoms with E-state index in [0.717, 1.165) is 12.1 Å². The molecule has 1 aromatic carbocycles. The van der Waals surface area contributed by atoms with Gasteiger partial charge in [0.15, 0.2) is 0 Å². The second-order valence-corrected chi connectivity index (χ2v) is 5.23. The van der Waals surface area contributed by atoms with Gasteiger partial charge in [0.05, 0.1) is 0 Å². The lowest BCUT2D eigenvalue weighted by Crippen LogP contribution is -2.43. The predicted molar refractivity (Wildman–Crippen MR) is 83.4 cm³/mol. The average molecular weight is 295 g/mol. The summed E-state index contributed by atoms with van der Waals surface area (Å²) in [6.07, 6.45) is 3.09. The molecule has 1 saturated heterocycles. The first-order valence-corrected chi connectivity index (χ1v) is 7.33. The van der Waals surface area contributed by atoms with Crippen LogP contribution in [-0.4, -0.2) is 34.3 Å². The van der Waals surface area contributed by atoms with Gasteiger partial charge in [-0.2, -0.15) is 0 Å². The van der Waals surface area contributed by atoms with Crippen LogP contribution in [0.2, 0.25) is 0 Å². The van der Waals surface area contributed by atoms with Gasteiger partial charge in [-0.15, -0.1) is 0 Å². The highest BCUT2D eigenvalue weighted by molar-refractivity contribution is 6.00. The van der Waals surface area contributed by atoms with Crippen LogP contribution < -0.4 is 5.32 Å². The summed E-state index contributed by atoms with van der Waals surface area (Å²) in [6.45, 7) is 0.586. The molecule has 0 bridgehead atoms. The van der Waals surface area contributed by atoms with Gasteiger partial charge in [0.25, 0.3) is 5.91 Å². The number of nitrogens with zero attached hydrogens (tertiary/aromatic N) is 2. The first-order valence-electron chi connectivity index (χ1n) is 7.33. The molecule has 112 valence electrons. The molecule has 22 heavy (non-hydrogen) atoms. The number of nitrogens with one attached hydrogen (secondary N) is 1. The van der Waals surface area contributed by atoms with E-state index in [-0.39, 0.29) is 11.8 Å². The third kappa shape index (κ3) is 2.98. The van der Waals surface area contributed by atoms with Crippen molar-refractivity contribution in [3.05, 3.63) is 60.4 Å². The van der Waals surface area contributed by atoms with Crippen molar-refractivity contribution < 1.29 is 9.59 Å². The fraction of sp³-hybridized carbons (Fsp3) is 0.235. The van der Waals surface area contributed by atoms with Crippen molar-refractivity contribution in [2.75, 3.05) is 11.9 Å². The Morgan fingerprint density at radius 2 is 1.86 bits per heavy atom. The molecule has 0 radical (unpaired) electrons. The molecule has 5 nitrogen and oxygen atoms in total. The van der Waals surface area contributed by atoms with Gasteiger partial charge in [-0.1, -0.05) is 24.3 Å². The fourth-order valence-electron chi connectivity index (χ4n) is 2.67. The number of likely N-dealkylation sites (tertiary alicyclic amines) is 1. The van der Waals surface area contributed by atoms with Crippen molar-refractivity contribution in [2.24, 2.45) is 0 Å². The van der Waals surface area contributed by atoms with Crippen LogP contribution in [-0.2, 0) is 4.79 Å². The molecule has 2 amide bonds. The molecule has 0 spiro atoms. The minimum absolute atomic E-state index is 0.145. The molecule has 0 unspecified atom stereocenters. The summed E-state index contributed by atoms with van der Waals surface area (Å²) in [5.74, 6) is -0.334. The Kier molecular flexibility index (Phi) is 4.14. The largest absolute Gasteiger partial charge is 0.325 e. The lowest BCUT2D eigenvalue weighted by molar-refractivity contribution is -0.119. The molecule has 2 aromatic rings. The van der Waals surface area contributed by atoms with Crippen LogP contribution in [0.3, 0.4) is 0 Å². The smallest absolute Gasteiger partial charge is 0.273 e. The van der Waals surface area contributed by atoms with Gasteiger partial charge in [0.1, 0.15) is 11.7 Å². The maximum absolute atomic E-state index is 12.5. The zero-order valence-corrected chi connectivity index (χ0v) is 12.1. The summed E-state index contributed by atoms with van der Waals surface area (Å²) in [5, 5.41) is 2.87. The third-order valence-corrected chi connectivity index (χ3v) is 3.74. The lowest BCUT2D eigenvalue weighted by Gasteiger charge is -2.23. The summed E-state index contributed by atoms with van der Waals surface area (Å²) in [4.78, 5) is 30.6. The lowest BCUT2D eigenvalue weighted by atomic mass is 10.2. The number of carbonyl (C=O) groups is 2. The summed E-state index contributed by atoms with van der Waals surface area (Å²) in [5.41, 5.74) is 1.12. The fourth-order valence-corrected chi connectivity index (χ4v) is 2.67. The van der Waals surface area contributed by atoms with Crippen molar-refractivity contribution in [1.82, 2.24) is 9.88 Å². The summed E-state index contributed by atoms with van der Waals surface area (Å²) >= 11 is 0. The number of hydrogen-bond acceptors (Lipinski definition) is 3. The van der Waals surface area contributed by atoms with Gasteiger partial charge < -0.3 is 10.2 Å². The van der Waals surface area contributed by atoms with Gasteiger partial charge in [0.2, 0.25) is 5.91 Å². The minimum Gasteiger partial charge on any atom is -0.325 e. The predicted octanol–water partition coefficient (Wildman–Crippen LogP) is 2.32. The molecule has 3 rings (SSSR count). The first-order chi connectivity index (χ1) is 10.8.